The lowest BCUT2D eigenvalue weighted by Crippen LogP contribution is -2.44. The molecule has 40 heavy (non-hydrogen) atoms. The average molecular weight is 555 g/mol. The van der Waals surface area contributed by atoms with Crippen molar-refractivity contribution >= 4 is 17.3 Å². The van der Waals surface area contributed by atoms with E-state index in [1.807, 2.05) is 24.3 Å². The summed E-state index contributed by atoms with van der Waals surface area (Å²) in [7, 11) is 0. The van der Waals surface area contributed by atoms with E-state index in [0.717, 1.165) is 31.6 Å². The first-order valence-electron chi connectivity index (χ1n) is 14.1. The van der Waals surface area contributed by atoms with Crippen molar-refractivity contribution in [3.63, 3.8) is 0 Å². The zero-order valence-electron chi connectivity index (χ0n) is 22.6. The van der Waals surface area contributed by atoms with Gasteiger partial charge in [0, 0.05) is 25.7 Å². The number of fused-ring (bicyclic) bond motifs is 1. The zero-order chi connectivity index (χ0) is 28.1. The van der Waals surface area contributed by atoms with Crippen molar-refractivity contribution in [2.75, 3.05) is 39.5 Å². The van der Waals surface area contributed by atoms with Crippen molar-refractivity contribution in [3.05, 3.63) is 74.4 Å². The highest BCUT2D eigenvalue weighted by molar-refractivity contribution is 5.80. The van der Waals surface area contributed by atoms with Gasteiger partial charge in [-0.3, -0.25) is 23.6 Å². The Kier molecular flexibility index (Phi) is 8.94. The van der Waals surface area contributed by atoms with Crippen LogP contribution in [0.25, 0.3) is 10.9 Å². The summed E-state index contributed by atoms with van der Waals surface area (Å²) in [4.78, 5) is 42.9. The van der Waals surface area contributed by atoms with E-state index in [1.54, 1.807) is 15.5 Å². The predicted molar refractivity (Wildman–Crippen MR) is 149 cm³/mol. The summed E-state index contributed by atoms with van der Waals surface area (Å²) < 4.78 is 34.5. The molecule has 1 aromatic heterocycles. The number of hydrogen-bond donors (Lipinski definition) is 0. The number of halogens is 2. The standard InChI is InChI=1S/C30H36F2N4O4/c31-17-26(18-32)40-25-8-9-28-27(16-25)29(38)35(30(39)36(28)24-10-14-34(21-37)15-11-24)20-23-6-4-22(5-7-23)19-33-12-2-1-3-13-33/h4-9,16,21,24,26H,1-3,10-15,17-20H2. The lowest BCUT2D eigenvalue weighted by Gasteiger charge is -2.31. The molecule has 0 unspecified atom stereocenters. The molecule has 2 saturated heterocycles. The quantitative estimate of drug-likeness (QED) is 0.358. The van der Waals surface area contributed by atoms with Gasteiger partial charge >= 0.3 is 5.69 Å². The molecule has 2 aliphatic heterocycles. The van der Waals surface area contributed by atoms with Crippen molar-refractivity contribution in [2.24, 2.45) is 0 Å². The second kappa shape index (κ2) is 12.8. The Morgan fingerprint density at radius 1 is 0.875 bits per heavy atom. The summed E-state index contributed by atoms with van der Waals surface area (Å²) in [6.45, 7) is 2.19. The Labute approximate surface area is 231 Å². The highest BCUT2D eigenvalue weighted by atomic mass is 19.1. The van der Waals surface area contributed by atoms with Crippen LogP contribution in [0.5, 0.6) is 5.75 Å². The smallest absolute Gasteiger partial charge is 0.332 e. The molecule has 2 aromatic carbocycles. The lowest BCUT2D eigenvalue weighted by molar-refractivity contribution is -0.119. The molecule has 5 rings (SSSR count). The van der Waals surface area contributed by atoms with Crippen LogP contribution < -0.4 is 16.0 Å². The van der Waals surface area contributed by atoms with Gasteiger partial charge < -0.3 is 9.64 Å². The van der Waals surface area contributed by atoms with Crippen LogP contribution in [0.2, 0.25) is 0 Å². The van der Waals surface area contributed by atoms with E-state index in [2.05, 4.69) is 4.90 Å². The van der Waals surface area contributed by atoms with Crippen LogP contribution in [0.3, 0.4) is 0 Å². The molecule has 2 fully saturated rings. The van der Waals surface area contributed by atoms with Crippen LogP contribution in [-0.2, 0) is 17.9 Å². The fourth-order valence-corrected chi connectivity index (χ4v) is 5.78. The molecule has 0 bridgehead atoms. The summed E-state index contributed by atoms with van der Waals surface area (Å²) >= 11 is 0. The van der Waals surface area contributed by atoms with Crippen LogP contribution in [-0.4, -0.2) is 71.0 Å². The third kappa shape index (κ3) is 6.11. The largest absolute Gasteiger partial charge is 0.485 e. The molecule has 2 aliphatic rings. The first-order chi connectivity index (χ1) is 19.5. The average Bonchev–Trinajstić information content (AvgIpc) is 3.00. The number of carbonyl (C=O) groups is 1. The van der Waals surface area contributed by atoms with Crippen LogP contribution in [0.15, 0.2) is 52.1 Å². The van der Waals surface area contributed by atoms with Gasteiger partial charge in [-0.2, -0.15) is 0 Å². The summed E-state index contributed by atoms with van der Waals surface area (Å²) in [6.07, 6.45) is 4.41. The summed E-state index contributed by atoms with van der Waals surface area (Å²) in [5.74, 6) is 0.166. The molecule has 0 spiro atoms. The van der Waals surface area contributed by atoms with E-state index in [4.69, 9.17) is 4.74 Å². The monoisotopic (exact) mass is 554 g/mol. The third-order valence-corrected chi connectivity index (χ3v) is 8.02. The van der Waals surface area contributed by atoms with Crippen LogP contribution in [0.4, 0.5) is 8.78 Å². The van der Waals surface area contributed by atoms with E-state index in [1.165, 1.54) is 41.5 Å². The van der Waals surface area contributed by atoms with Gasteiger partial charge in [-0.1, -0.05) is 30.7 Å². The van der Waals surface area contributed by atoms with Gasteiger partial charge in [0.25, 0.3) is 5.56 Å². The number of nitrogens with zero attached hydrogens (tertiary/aromatic N) is 4. The molecule has 0 saturated carbocycles. The van der Waals surface area contributed by atoms with Crippen LogP contribution >= 0.6 is 0 Å². The summed E-state index contributed by atoms with van der Waals surface area (Å²) in [5, 5.41) is 0.244. The maximum Gasteiger partial charge on any atom is 0.332 e. The molecule has 0 atom stereocenters. The Balaban J connectivity index is 1.50. The number of alkyl halides is 2. The number of rotatable bonds is 10. The number of benzene rings is 2. The highest BCUT2D eigenvalue weighted by Gasteiger charge is 2.25. The lowest BCUT2D eigenvalue weighted by atomic mass is 10.0. The van der Waals surface area contributed by atoms with Gasteiger partial charge in [-0.15, -0.1) is 0 Å². The second-order valence-electron chi connectivity index (χ2n) is 10.8. The van der Waals surface area contributed by atoms with E-state index in [0.29, 0.717) is 31.4 Å². The van der Waals surface area contributed by atoms with E-state index < -0.39 is 30.7 Å². The SMILES string of the molecule is O=CN1CCC(n2c(=O)n(Cc3ccc(CN4CCCCC4)cc3)c(=O)c3cc(OC(CF)CF)ccc32)CC1. The number of likely N-dealkylation sites (tertiary alicyclic amines) is 2. The maximum atomic E-state index is 13.8. The van der Waals surface area contributed by atoms with Gasteiger partial charge in [0.1, 0.15) is 19.1 Å². The highest BCUT2D eigenvalue weighted by Crippen LogP contribution is 2.26. The first kappa shape index (κ1) is 28.0. The first-order valence-corrected chi connectivity index (χ1v) is 14.1. The molecule has 10 heteroatoms. The topological polar surface area (TPSA) is 76.8 Å². The van der Waals surface area contributed by atoms with Gasteiger partial charge in [0.05, 0.1) is 17.4 Å². The Hall–Kier alpha value is -3.53. The molecule has 0 radical (unpaired) electrons. The summed E-state index contributed by atoms with van der Waals surface area (Å²) in [6, 6.07) is 12.4. The Morgan fingerprint density at radius 2 is 1.52 bits per heavy atom. The normalized spacial score (nSPS) is 17.0. The van der Waals surface area contributed by atoms with Gasteiger partial charge in [-0.25, -0.2) is 13.6 Å². The molecular formula is C30H36F2N4O4. The Morgan fingerprint density at radius 3 is 2.15 bits per heavy atom. The molecule has 0 N–H and O–H groups in total. The number of piperidine rings is 2. The zero-order valence-corrected chi connectivity index (χ0v) is 22.6. The van der Waals surface area contributed by atoms with Gasteiger partial charge in [-0.05, 0) is 68.1 Å². The minimum Gasteiger partial charge on any atom is -0.485 e. The molecule has 3 heterocycles. The molecule has 1 amide bonds. The third-order valence-electron chi connectivity index (χ3n) is 8.02. The number of carbonyl (C=O) groups excluding carboxylic acids is 1. The minimum atomic E-state index is -1.26. The van der Waals surface area contributed by atoms with Crippen molar-refractivity contribution < 1.29 is 18.3 Å². The molecular weight excluding hydrogens is 518 g/mol. The molecule has 8 nitrogen and oxygen atoms in total. The number of aromatic nitrogens is 2. The van der Waals surface area contributed by atoms with Crippen molar-refractivity contribution in [1.29, 1.82) is 0 Å². The maximum absolute atomic E-state index is 13.8. The van der Waals surface area contributed by atoms with E-state index in [9.17, 15) is 23.2 Å². The van der Waals surface area contributed by atoms with Crippen molar-refractivity contribution in [2.45, 2.75) is 57.3 Å². The second-order valence-corrected chi connectivity index (χ2v) is 10.8. The van der Waals surface area contributed by atoms with Crippen molar-refractivity contribution in [1.82, 2.24) is 18.9 Å². The van der Waals surface area contributed by atoms with Crippen LogP contribution in [0, 0.1) is 0 Å². The fourth-order valence-electron chi connectivity index (χ4n) is 5.78. The van der Waals surface area contributed by atoms with E-state index in [-0.39, 0.29) is 23.7 Å². The van der Waals surface area contributed by atoms with Gasteiger partial charge in [0.15, 0.2) is 6.10 Å². The molecule has 3 aromatic rings. The number of ether oxygens (including phenoxy) is 1. The number of hydrogen-bond acceptors (Lipinski definition) is 5. The Bertz CT molecular complexity index is 1420. The van der Waals surface area contributed by atoms with E-state index >= 15 is 0 Å². The molecule has 214 valence electrons. The fraction of sp³-hybridized carbons (Fsp3) is 0.500. The summed E-state index contributed by atoms with van der Waals surface area (Å²) in [5.41, 5.74) is 1.55. The van der Waals surface area contributed by atoms with Crippen LogP contribution in [0.1, 0.15) is 49.3 Å². The minimum absolute atomic E-state index is 0.0907. The van der Waals surface area contributed by atoms with Crippen molar-refractivity contribution in [3.8, 4) is 5.75 Å². The number of amides is 1. The predicted octanol–water partition coefficient (Wildman–Crippen LogP) is 3.68. The van der Waals surface area contributed by atoms with Gasteiger partial charge in [0.2, 0.25) is 6.41 Å². The molecule has 0 aliphatic carbocycles.